The number of ether oxygens (including phenoxy) is 1. The molecule has 0 saturated heterocycles. The highest BCUT2D eigenvalue weighted by atomic mass is 16.5. The summed E-state index contributed by atoms with van der Waals surface area (Å²) >= 11 is 0. The number of rotatable bonds is 1. The average Bonchev–Trinajstić information content (AvgIpc) is 2.47. The summed E-state index contributed by atoms with van der Waals surface area (Å²) in [4.78, 5) is 0. The zero-order valence-corrected chi connectivity index (χ0v) is 6.70. The Morgan fingerprint density at radius 1 is 1.42 bits per heavy atom. The Balaban J connectivity index is 2.71. The molecule has 0 amide bonds. The highest BCUT2D eigenvalue weighted by Crippen LogP contribution is 2.26. The Labute approximate surface area is 69.7 Å². The Kier molecular flexibility index (Phi) is 1.43. The van der Waals surface area contributed by atoms with Crippen molar-refractivity contribution in [2.45, 2.75) is 0 Å². The fourth-order valence-corrected chi connectivity index (χ4v) is 1.15. The van der Waals surface area contributed by atoms with Crippen LogP contribution in [0.1, 0.15) is 0 Å². The molecule has 12 heavy (non-hydrogen) atoms. The third kappa shape index (κ3) is 0.906. The van der Waals surface area contributed by atoms with Crippen molar-refractivity contribution in [3.05, 3.63) is 24.5 Å². The molecule has 0 aliphatic rings. The van der Waals surface area contributed by atoms with Gasteiger partial charge in [-0.3, -0.25) is 0 Å². The first-order valence-corrected chi connectivity index (χ1v) is 3.62. The van der Waals surface area contributed by atoms with Crippen molar-refractivity contribution in [3.8, 4) is 5.75 Å². The van der Waals surface area contributed by atoms with Gasteiger partial charge in [0.1, 0.15) is 17.6 Å². The average molecular weight is 163 g/mol. The van der Waals surface area contributed by atoms with Crippen LogP contribution in [-0.4, -0.2) is 7.11 Å². The molecule has 3 heteroatoms. The van der Waals surface area contributed by atoms with Crippen molar-refractivity contribution >= 4 is 16.7 Å². The highest BCUT2D eigenvalue weighted by Gasteiger charge is 2.02. The SMILES string of the molecule is COc1ccc2occ(N)c2c1. The Hall–Kier alpha value is -1.64. The minimum Gasteiger partial charge on any atom is -0.497 e. The van der Waals surface area contributed by atoms with E-state index in [2.05, 4.69) is 0 Å². The molecule has 3 nitrogen and oxygen atoms in total. The summed E-state index contributed by atoms with van der Waals surface area (Å²) in [5, 5.41) is 0.898. The van der Waals surface area contributed by atoms with Crippen molar-refractivity contribution < 1.29 is 9.15 Å². The molecule has 0 atom stereocenters. The number of nitrogens with two attached hydrogens (primary N) is 1. The summed E-state index contributed by atoms with van der Waals surface area (Å²) in [7, 11) is 1.62. The molecule has 0 aliphatic carbocycles. The largest absolute Gasteiger partial charge is 0.497 e. The molecule has 2 N–H and O–H groups in total. The predicted molar refractivity (Wildman–Crippen MR) is 47.2 cm³/mol. The van der Waals surface area contributed by atoms with E-state index in [0.29, 0.717) is 5.69 Å². The first-order valence-electron chi connectivity index (χ1n) is 3.62. The second-order valence-corrected chi connectivity index (χ2v) is 2.55. The molecule has 0 saturated carbocycles. The van der Waals surface area contributed by atoms with Crippen LogP contribution in [0.2, 0.25) is 0 Å². The number of nitrogen functional groups attached to an aromatic ring is 1. The van der Waals surface area contributed by atoms with Gasteiger partial charge in [-0.1, -0.05) is 0 Å². The van der Waals surface area contributed by atoms with Crippen LogP contribution in [-0.2, 0) is 0 Å². The Morgan fingerprint density at radius 3 is 3.00 bits per heavy atom. The lowest BCUT2D eigenvalue weighted by Crippen LogP contribution is -1.83. The lowest BCUT2D eigenvalue weighted by molar-refractivity contribution is 0.415. The summed E-state index contributed by atoms with van der Waals surface area (Å²) in [6.45, 7) is 0. The molecule has 1 aromatic carbocycles. The number of fused-ring (bicyclic) bond motifs is 1. The van der Waals surface area contributed by atoms with Gasteiger partial charge in [0.25, 0.3) is 0 Å². The number of benzene rings is 1. The number of hydrogen-bond acceptors (Lipinski definition) is 3. The lowest BCUT2D eigenvalue weighted by Gasteiger charge is -1.97. The van der Waals surface area contributed by atoms with Gasteiger partial charge in [0, 0.05) is 5.39 Å². The fourth-order valence-electron chi connectivity index (χ4n) is 1.15. The number of hydrogen-bond donors (Lipinski definition) is 1. The second-order valence-electron chi connectivity index (χ2n) is 2.55. The summed E-state index contributed by atoms with van der Waals surface area (Å²) in [5.74, 6) is 0.788. The van der Waals surface area contributed by atoms with Crippen molar-refractivity contribution in [1.82, 2.24) is 0 Å². The zero-order chi connectivity index (χ0) is 8.55. The fraction of sp³-hybridized carbons (Fsp3) is 0.111. The van der Waals surface area contributed by atoms with Gasteiger partial charge in [0.15, 0.2) is 0 Å². The second kappa shape index (κ2) is 2.44. The van der Waals surface area contributed by atoms with Crippen molar-refractivity contribution in [2.75, 3.05) is 12.8 Å². The molecule has 2 rings (SSSR count). The molecule has 0 spiro atoms. The Morgan fingerprint density at radius 2 is 2.25 bits per heavy atom. The maximum atomic E-state index is 5.65. The maximum absolute atomic E-state index is 5.65. The van der Waals surface area contributed by atoms with Gasteiger partial charge >= 0.3 is 0 Å². The van der Waals surface area contributed by atoms with Gasteiger partial charge < -0.3 is 14.9 Å². The monoisotopic (exact) mass is 163 g/mol. The van der Waals surface area contributed by atoms with Crippen LogP contribution in [0.3, 0.4) is 0 Å². The van der Waals surface area contributed by atoms with Crippen LogP contribution in [0.25, 0.3) is 11.0 Å². The zero-order valence-electron chi connectivity index (χ0n) is 6.70. The van der Waals surface area contributed by atoms with E-state index >= 15 is 0 Å². The van der Waals surface area contributed by atoms with E-state index in [1.807, 2.05) is 18.2 Å². The van der Waals surface area contributed by atoms with E-state index in [-0.39, 0.29) is 0 Å². The van der Waals surface area contributed by atoms with E-state index in [0.717, 1.165) is 16.7 Å². The molecule has 0 unspecified atom stereocenters. The van der Waals surface area contributed by atoms with Crippen LogP contribution in [0.4, 0.5) is 5.69 Å². The van der Waals surface area contributed by atoms with Crippen molar-refractivity contribution in [2.24, 2.45) is 0 Å². The molecule has 1 aromatic heterocycles. The topological polar surface area (TPSA) is 48.4 Å². The van der Waals surface area contributed by atoms with Gasteiger partial charge in [-0.2, -0.15) is 0 Å². The van der Waals surface area contributed by atoms with E-state index in [9.17, 15) is 0 Å². The molecular weight excluding hydrogens is 154 g/mol. The van der Waals surface area contributed by atoms with Crippen LogP contribution in [0, 0.1) is 0 Å². The van der Waals surface area contributed by atoms with Crippen LogP contribution < -0.4 is 10.5 Å². The molecule has 0 fully saturated rings. The maximum Gasteiger partial charge on any atom is 0.136 e. The van der Waals surface area contributed by atoms with Crippen molar-refractivity contribution in [3.63, 3.8) is 0 Å². The van der Waals surface area contributed by atoms with E-state index in [1.54, 1.807) is 7.11 Å². The molecular formula is C9H9NO2. The van der Waals surface area contributed by atoms with Crippen LogP contribution >= 0.6 is 0 Å². The van der Waals surface area contributed by atoms with Gasteiger partial charge in [0.05, 0.1) is 12.8 Å². The lowest BCUT2D eigenvalue weighted by atomic mass is 10.2. The Bertz CT molecular complexity index is 406. The molecule has 0 radical (unpaired) electrons. The summed E-state index contributed by atoms with van der Waals surface area (Å²) in [5.41, 5.74) is 7.08. The standard InChI is InChI=1S/C9H9NO2/c1-11-6-2-3-9-7(4-6)8(10)5-12-9/h2-5H,10H2,1H3. The summed E-state index contributed by atoms with van der Waals surface area (Å²) in [6, 6.07) is 5.53. The summed E-state index contributed by atoms with van der Waals surface area (Å²) in [6.07, 6.45) is 1.53. The number of methoxy groups -OCH3 is 1. The van der Waals surface area contributed by atoms with E-state index in [1.165, 1.54) is 6.26 Å². The van der Waals surface area contributed by atoms with E-state index < -0.39 is 0 Å². The third-order valence-electron chi connectivity index (χ3n) is 1.81. The minimum atomic E-state index is 0.643. The van der Waals surface area contributed by atoms with Gasteiger partial charge in [-0.25, -0.2) is 0 Å². The van der Waals surface area contributed by atoms with Gasteiger partial charge in [-0.05, 0) is 18.2 Å². The summed E-state index contributed by atoms with van der Waals surface area (Å²) < 4.78 is 10.2. The van der Waals surface area contributed by atoms with E-state index in [4.69, 9.17) is 14.9 Å². The molecule has 62 valence electrons. The first-order chi connectivity index (χ1) is 5.81. The van der Waals surface area contributed by atoms with Gasteiger partial charge in [0.2, 0.25) is 0 Å². The smallest absolute Gasteiger partial charge is 0.136 e. The predicted octanol–water partition coefficient (Wildman–Crippen LogP) is 2.02. The first kappa shape index (κ1) is 7.03. The van der Waals surface area contributed by atoms with Crippen LogP contribution in [0.5, 0.6) is 5.75 Å². The minimum absolute atomic E-state index is 0.643. The number of anilines is 1. The quantitative estimate of drug-likeness (QED) is 0.699. The molecule has 1 heterocycles. The normalized spacial score (nSPS) is 10.4. The third-order valence-corrected chi connectivity index (χ3v) is 1.81. The van der Waals surface area contributed by atoms with Crippen LogP contribution in [0.15, 0.2) is 28.9 Å². The molecule has 0 aliphatic heterocycles. The molecule has 0 bridgehead atoms. The van der Waals surface area contributed by atoms with Gasteiger partial charge in [-0.15, -0.1) is 0 Å². The highest BCUT2D eigenvalue weighted by molar-refractivity contribution is 5.90. The van der Waals surface area contributed by atoms with Crippen molar-refractivity contribution in [1.29, 1.82) is 0 Å². The molecule has 2 aromatic rings. The number of furan rings is 1.